The first-order valence-corrected chi connectivity index (χ1v) is 20.1. The van der Waals surface area contributed by atoms with Crippen LogP contribution in [0.25, 0.3) is 10.8 Å². The number of aliphatic hydroxyl groups is 1. The zero-order valence-corrected chi connectivity index (χ0v) is 31.8. The molecule has 0 bridgehead atoms. The number of hydrogen-bond donors (Lipinski definition) is 5. The molecule has 0 aliphatic rings. The summed E-state index contributed by atoms with van der Waals surface area (Å²) in [7, 11) is -4.41. The van der Waals surface area contributed by atoms with Crippen molar-refractivity contribution in [2.24, 2.45) is 20.5 Å². The molecule has 4 N–H and O–H groups in total. The number of hydrogen-bond acceptors (Lipinski definition) is 15. The number of nitrogens with one attached hydrogen (secondary N) is 1. The second-order valence-electron chi connectivity index (χ2n) is 11.8. The molecule has 0 aromatic heterocycles. The van der Waals surface area contributed by atoms with E-state index < -0.39 is 37.8 Å². The van der Waals surface area contributed by atoms with Gasteiger partial charge < -0.3 is 30.3 Å². The molecule has 0 heterocycles. The Kier molecular flexibility index (Phi) is 12.6. The van der Waals surface area contributed by atoms with Crippen LogP contribution in [0.4, 0.5) is 34.1 Å². The van der Waals surface area contributed by atoms with Crippen LogP contribution in [-0.2, 0) is 26.2 Å². The average Bonchev–Trinajstić information content (AvgIpc) is 3.16. The van der Waals surface area contributed by atoms with Gasteiger partial charge in [-0.25, -0.2) is 16.8 Å². The molecule has 0 saturated carbocycles. The van der Waals surface area contributed by atoms with Crippen LogP contribution in [0, 0.1) is 0 Å². The molecule has 0 fully saturated rings. The number of sulfone groups is 2. The highest BCUT2D eigenvalue weighted by Gasteiger charge is 2.23. The molecule has 14 nitrogen and oxygen atoms in total. The van der Waals surface area contributed by atoms with Crippen molar-refractivity contribution in [1.82, 2.24) is 0 Å². The summed E-state index contributed by atoms with van der Waals surface area (Å²) in [5.41, 5.74) is 3.10. The van der Waals surface area contributed by atoms with Crippen molar-refractivity contribution in [1.29, 1.82) is 0 Å². The normalized spacial score (nSPS) is 12.1. The van der Waals surface area contributed by atoms with Gasteiger partial charge in [-0.1, -0.05) is 36.9 Å². The van der Waals surface area contributed by atoms with Crippen molar-refractivity contribution in [2.45, 2.75) is 16.3 Å². The van der Waals surface area contributed by atoms with Crippen LogP contribution < -0.4 is 15.0 Å². The first-order chi connectivity index (χ1) is 25.8. The van der Waals surface area contributed by atoms with E-state index in [0.29, 0.717) is 34.4 Å². The number of aromatic hydroxyl groups is 2. The molecule has 0 saturated heterocycles. The van der Waals surface area contributed by atoms with Gasteiger partial charge in [0.1, 0.15) is 33.5 Å². The summed E-state index contributed by atoms with van der Waals surface area (Å²) in [6.45, 7) is 3.45. The maximum atomic E-state index is 12.5. The zero-order chi connectivity index (χ0) is 39.0. The number of nitrogens with zero attached hydrogens (tertiary/aromatic N) is 5. The number of ether oxygens (including phenoxy) is 1. The van der Waals surface area contributed by atoms with Crippen LogP contribution in [-0.4, -0.2) is 71.0 Å². The van der Waals surface area contributed by atoms with Gasteiger partial charge in [-0.15, -0.1) is 28.0 Å². The summed E-state index contributed by atoms with van der Waals surface area (Å²) < 4.78 is 54.7. The second kappa shape index (κ2) is 17.1. The van der Waals surface area contributed by atoms with Crippen molar-refractivity contribution in [3.63, 3.8) is 0 Å². The fourth-order valence-electron chi connectivity index (χ4n) is 5.48. The highest BCUT2D eigenvalue weighted by molar-refractivity contribution is 7.94. The third-order valence-electron chi connectivity index (χ3n) is 8.27. The van der Waals surface area contributed by atoms with Gasteiger partial charge in [0.15, 0.2) is 25.4 Å². The maximum absolute atomic E-state index is 12.5. The Bertz CT molecular complexity index is 2460. The molecule has 5 aromatic carbocycles. The fourth-order valence-corrected chi connectivity index (χ4v) is 7.60. The molecule has 54 heavy (non-hydrogen) atoms. The first kappa shape index (κ1) is 39.7. The largest absolute Gasteiger partial charge is 0.506 e. The molecule has 0 spiro atoms. The Balaban J connectivity index is 1.47. The molecular weight excluding hydrogens is 753 g/mol. The Hall–Kier alpha value is -5.49. The van der Waals surface area contributed by atoms with E-state index in [9.17, 15) is 27.0 Å². The Morgan fingerprint density at radius 1 is 0.870 bits per heavy atom. The minimum absolute atomic E-state index is 0.0298. The molecule has 0 unspecified atom stereocenters. The number of rotatable bonds is 16. The number of anilines is 2. The molecule has 0 aliphatic heterocycles. The molecule has 0 amide bonds. The number of thiol groups is 1. The minimum Gasteiger partial charge on any atom is -0.506 e. The Labute approximate surface area is 318 Å². The van der Waals surface area contributed by atoms with E-state index in [1.165, 1.54) is 13.2 Å². The van der Waals surface area contributed by atoms with Crippen LogP contribution in [0.1, 0.15) is 5.56 Å². The number of para-hydroxylation sites is 1. The van der Waals surface area contributed by atoms with Gasteiger partial charge in [0.2, 0.25) is 0 Å². The van der Waals surface area contributed by atoms with Crippen LogP contribution in [0.5, 0.6) is 17.2 Å². The summed E-state index contributed by atoms with van der Waals surface area (Å²) in [4.78, 5) is 1.85. The average molecular weight is 791 g/mol. The molecule has 17 heteroatoms. The quantitative estimate of drug-likeness (QED) is 0.0486. The van der Waals surface area contributed by atoms with Crippen molar-refractivity contribution >= 4 is 77.2 Å². The van der Waals surface area contributed by atoms with Gasteiger partial charge in [-0.2, -0.15) is 5.11 Å². The lowest BCUT2D eigenvalue weighted by Gasteiger charge is -2.25. The predicted octanol–water partition coefficient (Wildman–Crippen LogP) is 7.75. The standard InChI is InChI=1S/C37H38N6O8S3/c1-4-53(47,48)17-15-43(26-11-6-5-7-12-26)23-24-9-8-10-25(19-24)39-41-35-28-20-33(52)36(37(46)27(28)13-14-29(35)38-2)42-40-30-21-32(51-3)34(22-31(30)45)54(49,50)18-16-44/h4-14,19-22,38,44-46,52H,1,15-18,23H2,2-3H3/b41-39+,42-40+. The van der Waals surface area contributed by atoms with Crippen molar-refractivity contribution in [2.75, 3.05) is 49.0 Å². The predicted molar refractivity (Wildman–Crippen MR) is 212 cm³/mol. The van der Waals surface area contributed by atoms with Gasteiger partial charge in [0.25, 0.3) is 0 Å². The monoisotopic (exact) mass is 790 g/mol. The lowest BCUT2D eigenvalue weighted by molar-refractivity contribution is 0.319. The Morgan fingerprint density at radius 2 is 1.61 bits per heavy atom. The molecule has 5 aromatic rings. The van der Waals surface area contributed by atoms with E-state index in [-0.39, 0.29) is 45.0 Å². The zero-order valence-electron chi connectivity index (χ0n) is 29.3. The maximum Gasteiger partial charge on any atom is 0.184 e. The highest BCUT2D eigenvalue weighted by atomic mass is 32.2. The molecule has 282 valence electrons. The van der Waals surface area contributed by atoms with Gasteiger partial charge in [0, 0.05) is 59.0 Å². The van der Waals surface area contributed by atoms with E-state index in [2.05, 4.69) is 45.0 Å². The molecular formula is C37H38N6O8S3. The third-order valence-corrected chi connectivity index (χ3v) is 11.6. The number of phenols is 2. The van der Waals surface area contributed by atoms with Crippen molar-refractivity contribution in [3.8, 4) is 17.2 Å². The van der Waals surface area contributed by atoms with Crippen molar-refractivity contribution in [3.05, 3.63) is 102 Å². The molecule has 0 atom stereocenters. The SMILES string of the molecule is C=CS(=O)(=O)CCN(Cc1cccc(/N=N/c2c(NC)ccc3c(O)c(/N=N/c4cc(OC)c(S(=O)(=O)CCO)cc4O)c(S)cc23)c1)c1ccccc1. The van der Waals surface area contributed by atoms with E-state index in [4.69, 9.17) is 9.84 Å². The van der Waals surface area contributed by atoms with Crippen molar-refractivity contribution < 1.29 is 36.9 Å². The fraction of sp³-hybridized carbons (Fsp3) is 0.189. The third kappa shape index (κ3) is 9.17. The lowest BCUT2D eigenvalue weighted by Crippen LogP contribution is -2.28. The number of phenolic OH excluding ortho intramolecular Hbond substituents is 2. The molecule has 0 aliphatic carbocycles. The van der Waals surface area contributed by atoms with Gasteiger partial charge in [0.05, 0.1) is 36.6 Å². The van der Waals surface area contributed by atoms with E-state index in [1.807, 2.05) is 53.4 Å². The smallest absolute Gasteiger partial charge is 0.184 e. The number of methoxy groups -OCH3 is 1. The van der Waals surface area contributed by atoms with Crippen LogP contribution >= 0.6 is 12.6 Å². The minimum atomic E-state index is -3.96. The van der Waals surface area contributed by atoms with E-state index in [1.54, 1.807) is 31.3 Å². The first-order valence-electron chi connectivity index (χ1n) is 16.3. The summed E-state index contributed by atoms with van der Waals surface area (Å²) >= 11 is 4.55. The summed E-state index contributed by atoms with van der Waals surface area (Å²) in [5, 5.41) is 53.2. The number of azo groups is 2. The van der Waals surface area contributed by atoms with E-state index >= 15 is 0 Å². The van der Waals surface area contributed by atoms with Gasteiger partial charge in [-0.3, -0.25) is 0 Å². The van der Waals surface area contributed by atoms with Gasteiger partial charge in [-0.05, 0) is 48.0 Å². The topological polar surface area (TPSA) is 203 Å². The number of fused-ring (bicyclic) bond motifs is 1. The van der Waals surface area contributed by atoms with Gasteiger partial charge >= 0.3 is 0 Å². The van der Waals surface area contributed by atoms with Crippen LogP contribution in [0.2, 0.25) is 0 Å². The lowest BCUT2D eigenvalue weighted by atomic mass is 10.1. The number of benzene rings is 5. The highest BCUT2D eigenvalue weighted by Crippen LogP contribution is 2.47. The summed E-state index contributed by atoms with van der Waals surface area (Å²) in [6.07, 6.45) is 0. The number of aliphatic hydroxyl groups excluding tert-OH is 1. The molecule has 0 radical (unpaired) electrons. The molecule has 5 rings (SSSR count). The summed E-state index contributed by atoms with van der Waals surface area (Å²) in [5.74, 6) is -1.58. The van der Waals surface area contributed by atoms with Crippen LogP contribution in [0.15, 0.2) is 127 Å². The van der Waals surface area contributed by atoms with E-state index in [0.717, 1.165) is 22.7 Å². The second-order valence-corrected chi connectivity index (χ2v) is 16.4. The Morgan fingerprint density at radius 3 is 2.30 bits per heavy atom. The van der Waals surface area contributed by atoms with Crippen LogP contribution in [0.3, 0.4) is 0 Å². The summed E-state index contributed by atoms with van der Waals surface area (Å²) in [6, 6.07) is 24.0.